The first-order valence-corrected chi connectivity index (χ1v) is 17.3. The zero-order valence-corrected chi connectivity index (χ0v) is 27.1. The van der Waals surface area contributed by atoms with Crippen LogP contribution in [0.15, 0.2) is 146 Å². The van der Waals surface area contributed by atoms with Gasteiger partial charge in [0.1, 0.15) is 5.82 Å². The Morgan fingerprint density at radius 3 is 1.94 bits per heavy atom. The Labute approximate surface area is 281 Å². The molecule has 0 N–H and O–H groups in total. The first-order chi connectivity index (χ1) is 23.7. The molecule has 0 amide bonds. The highest BCUT2D eigenvalue weighted by Gasteiger charge is 2.23. The molecule has 0 radical (unpaired) electrons. The van der Waals surface area contributed by atoms with Gasteiger partial charge in [-0.2, -0.15) is 0 Å². The van der Waals surface area contributed by atoms with Gasteiger partial charge >= 0.3 is 0 Å². The van der Waals surface area contributed by atoms with Crippen LogP contribution >= 0.6 is 11.3 Å². The van der Waals surface area contributed by atoms with E-state index >= 15 is 0 Å². The number of allylic oxidation sites excluding steroid dienone is 4. The predicted octanol–water partition coefficient (Wildman–Crippen LogP) is 12.0. The Hall–Kier alpha value is -5.71. The van der Waals surface area contributed by atoms with E-state index in [-0.39, 0.29) is 11.8 Å². The topological polar surface area (TPSA) is 38.7 Å². The molecule has 0 bridgehead atoms. The van der Waals surface area contributed by atoms with Gasteiger partial charge in [-0.15, -0.1) is 11.3 Å². The van der Waals surface area contributed by atoms with E-state index in [1.54, 1.807) is 0 Å². The SMILES string of the molecule is CC1C=CC=CC1c1nc(-c2ccc3ccccc3c2)nc(-c2ccc3c(ccc4c5sc6ccccc6c5c5ccccc5c34)c2)n1. The van der Waals surface area contributed by atoms with Crippen LogP contribution in [0, 0.1) is 5.92 Å². The summed E-state index contributed by atoms with van der Waals surface area (Å²) in [6, 6.07) is 43.8. The van der Waals surface area contributed by atoms with Crippen molar-refractivity contribution in [1.29, 1.82) is 0 Å². The van der Waals surface area contributed by atoms with Crippen molar-refractivity contribution in [2.45, 2.75) is 12.8 Å². The van der Waals surface area contributed by atoms with Crippen LogP contribution in [0.3, 0.4) is 0 Å². The third-order valence-electron chi connectivity index (χ3n) is 9.95. The molecule has 2 unspecified atom stereocenters. The first kappa shape index (κ1) is 27.4. The lowest BCUT2D eigenvalue weighted by atomic mass is 9.89. The molecular formula is C44H29N3S. The zero-order valence-electron chi connectivity index (χ0n) is 26.3. The van der Waals surface area contributed by atoms with Crippen molar-refractivity contribution in [1.82, 2.24) is 15.0 Å². The van der Waals surface area contributed by atoms with Gasteiger partial charge < -0.3 is 0 Å². The van der Waals surface area contributed by atoms with Gasteiger partial charge in [0.05, 0.1) is 0 Å². The lowest BCUT2D eigenvalue weighted by Crippen LogP contribution is -2.13. The minimum absolute atomic E-state index is 0.0791. The van der Waals surface area contributed by atoms with Crippen LogP contribution in [0.25, 0.3) is 86.0 Å². The van der Waals surface area contributed by atoms with Gasteiger partial charge in [-0.3, -0.25) is 0 Å². The molecule has 4 heteroatoms. The summed E-state index contributed by atoms with van der Waals surface area (Å²) in [5.41, 5.74) is 1.98. The molecule has 0 saturated heterocycles. The number of benzene rings is 7. The van der Waals surface area contributed by atoms with E-state index in [1.807, 2.05) is 11.3 Å². The highest BCUT2D eigenvalue weighted by Crippen LogP contribution is 2.46. The van der Waals surface area contributed by atoms with Crippen LogP contribution in [0.1, 0.15) is 18.7 Å². The minimum atomic E-state index is 0.0791. The van der Waals surface area contributed by atoms with Crippen LogP contribution < -0.4 is 0 Å². The molecule has 9 aromatic rings. The predicted molar refractivity (Wildman–Crippen MR) is 204 cm³/mol. The molecule has 226 valence electrons. The van der Waals surface area contributed by atoms with E-state index in [0.717, 1.165) is 17.0 Å². The van der Waals surface area contributed by atoms with E-state index in [9.17, 15) is 0 Å². The van der Waals surface area contributed by atoms with Gasteiger partial charge in [0.2, 0.25) is 0 Å². The summed E-state index contributed by atoms with van der Waals surface area (Å²) >= 11 is 1.89. The maximum absolute atomic E-state index is 5.14. The lowest BCUT2D eigenvalue weighted by molar-refractivity contribution is 0.600. The minimum Gasteiger partial charge on any atom is -0.212 e. The molecule has 1 aliphatic carbocycles. The number of nitrogens with zero attached hydrogens (tertiary/aromatic N) is 3. The fourth-order valence-electron chi connectivity index (χ4n) is 7.54. The van der Waals surface area contributed by atoms with Gasteiger partial charge in [-0.1, -0.05) is 134 Å². The number of hydrogen-bond donors (Lipinski definition) is 0. The second-order valence-corrected chi connectivity index (χ2v) is 13.9. The van der Waals surface area contributed by atoms with Crippen molar-refractivity contribution in [3.63, 3.8) is 0 Å². The van der Waals surface area contributed by atoms with Crippen molar-refractivity contribution < 1.29 is 0 Å². The molecule has 0 saturated carbocycles. The third-order valence-corrected chi connectivity index (χ3v) is 11.2. The molecule has 7 aromatic carbocycles. The molecule has 2 aromatic heterocycles. The summed E-state index contributed by atoms with van der Waals surface area (Å²) in [6.45, 7) is 2.23. The van der Waals surface area contributed by atoms with Gasteiger partial charge in [0.15, 0.2) is 11.6 Å². The van der Waals surface area contributed by atoms with Crippen LogP contribution in [0.5, 0.6) is 0 Å². The maximum Gasteiger partial charge on any atom is 0.163 e. The number of thiophene rings is 1. The quantitative estimate of drug-likeness (QED) is 0.182. The van der Waals surface area contributed by atoms with Crippen LogP contribution in [-0.2, 0) is 0 Å². The van der Waals surface area contributed by atoms with Gasteiger partial charge in [-0.05, 0) is 61.8 Å². The number of aromatic nitrogens is 3. The lowest BCUT2D eigenvalue weighted by Gasteiger charge is -2.20. The highest BCUT2D eigenvalue weighted by molar-refractivity contribution is 7.27. The molecule has 2 heterocycles. The highest BCUT2D eigenvalue weighted by atomic mass is 32.1. The molecule has 3 nitrogen and oxygen atoms in total. The van der Waals surface area contributed by atoms with E-state index in [0.29, 0.717) is 11.6 Å². The Kier molecular flexibility index (Phi) is 6.09. The van der Waals surface area contributed by atoms with Crippen molar-refractivity contribution in [3.8, 4) is 22.8 Å². The summed E-state index contributed by atoms with van der Waals surface area (Å²) in [7, 11) is 0. The van der Waals surface area contributed by atoms with Crippen LogP contribution in [0.2, 0.25) is 0 Å². The second kappa shape index (κ2) is 10.7. The van der Waals surface area contributed by atoms with Gasteiger partial charge in [-0.25, -0.2) is 15.0 Å². The van der Waals surface area contributed by atoms with Crippen molar-refractivity contribution in [2.75, 3.05) is 0 Å². The molecule has 0 spiro atoms. The Morgan fingerprint density at radius 2 is 1.12 bits per heavy atom. The molecule has 2 atom stereocenters. The average molecular weight is 632 g/mol. The average Bonchev–Trinajstić information content (AvgIpc) is 3.54. The monoisotopic (exact) mass is 631 g/mol. The zero-order chi connectivity index (χ0) is 31.8. The van der Waals surface area contributed by atoms with E-state index in [1.165, 1.54) is 63.3 Å². The number of fused-ring (bicyclic) bond motifs is 11. The molecular weight excluding hydrogens is 603 g/mol. The van der Waals surface area contributed by atoms with Gasteiger partial charge in [0, 0.05) is 42.6 Å². The van der Waals surface area contributed by atoms with E-state index in [4.69, 9.17) is 15.0 Å². The summed E-state index contributed by atoms with van der Waals surface area (Å²) < 4.78 is 2.67. The normalized spacial score (nSPS) is 16.3. The second-order valence-electron chi connectivity index (χ2n) is 12.8. The van der Waals surface area contributed by atoms with E-state index in [2.05, 4.69) is 153 Å². The molecule has 48 heavy (non-hydrogen) atoms. The maximum atomic E-state index is 5.14. The smallest absolute Gasteiger partial charge is 0.163 e. The standard InChI is InChI=1S/C44H29N3S/c1-26-10-2-5-13-32(26)44-46-42(30-19-18-27-11-3-4-12-28(27)24-30)45-43(47-44)31-21-22-33-29(25-31)20-23-37-39(33)34-14-6-7-15-35(34)40-36-16-8-9-17-38(36)48-41(37)40/h2-26,32H,1H3. The Bertz CT molecular complexity index is 2820. The van der Waals surface area contributed by atoms with Crippen molar-refractivity contribution >= 4 is 74.6 Å². The fraction of sp³-hybridized carbons (Fsp3) is 0.0682. The summed E-state index contributed by atoms with van der Waals surface area (Å²) in [4.78, 5) is 15.4. The molecule has 10 rings (SSSR count). The Morgan fingerprint density at radius 1 is 0.500 bits per heavy atom. The largest absolute Gasteiger partial charge is 0.212 e. The van der Waals surface area contributed by atoms with Crippen LogP contribution in [0.4, 0.5) is 0 Å². The third kappa shape index (κ3) is 4.23. The van der Waals surface area contributed by atoms with Crippen LogP contribution in [-0.4, -0.2) is 15.0 Å². The van der Waals surface area contributed by atoms with Crippen molar-refractivity contribution in [3.05, 3.63) is 151 Å². The summed E-state index contributed by atoms with van der Waals surface area (Å²) in [6.07, 6.45) is 8.64. The Balaban J connectivity index is 1.19. The molecule has 0 aliphatic heterocycles. The number of rotatable bonds is 3. The molecule has 0 fully saturated rings. The molecule has 1 aliphatic rings. The summed E-state index contributed by atoms with van der Waals surface area (Å²) in [5.74, 6) is 2.57. The summed E-state index contributed by atoms with van der Waals surface area (Å²) in [5, 5.41) is 12.7. The number of hydrogen-bond acceptors (Lipinski definition) is 4. The van der Waals surface area contributed by atoms with E-state index < -0.39 is 0 Å². The fourth-order valence-corrected chi connectivity index (χ4v) is 8.79. The van der Waals surface area contributed by atoms with Crippen molar-refractivity contribution in [2.24, 2.45) is 5.92 Å². The first-order valence-electron chi connectivity index (χ1n) is 16.5. The van der Waals surface area contributed by atoms with Gasteiger partial charge in [0.25, 0.3) is 0 Å².